The van der Waals surface area contributed by atoms with E-state index in [1.165, 1.54) is 238 Å². The fraction of sp³-hybridized carbons (Fsp3) is 0.948. The fourth-order valence-corrected chi connectivity index (χ4v) is 8.98. The molecular weight excluding hydrogens is 793 g/mol. The molecule has 0 aliphatic carbocycles. The van der Waals surface area contributed by atoms with Crippen molar-refractivity contribution in [3.8, 4) is 0 Å². The molecule has 0 fully saturated rings. The maximum absolute atomic E-state index is 12.8. The number of unbranched alkanes of at least 4 members (excludes halogenated alkanes) is 43. The molecule has 0 rings (SSSR count). The molecule has 0 aromatic heterocycles. The highest BCUT2D eigenvalue weighted by Gasteiger charge is 2.19. The number of esters is 3. The fourth-order valence-electron chi connectivity index (χ4n) is 8.98. The molecule has 0 radical (unpaired) electrons. The van der Waals surface area contributed by atoms with E-state index < -0.39 is 6.10 Å². The quantitative estimate of drug-likeness (QED) is 0.0344. The van der Waals surface area contributed by atoms with Gasteiger partial charge in [0.25, 0.3) is 0 Å². The summed E-state index contributed by atoms with van der Waals surface area (Å²) in [5.74, 6) is -0.835. The summed E-state index contributed by atoms with van der Waals surface area (Å²) in [5.41, 5.74) is 0. The number of carbonyl (C=O) groups is 3. The SMILES string of the molecule is CCCCCCCCCCCCCCCCCCCCCC(=O)OCC(COC(=O)CCCCCCCCCCCC)OC(=O)CCCCCCCCCCCCCCCCCCC. The van der Waals surface area contributed by atoms with Gasteiger partial charge in [0.05, 0.1) is 0 Å². The van der Waals surface area contributed by atoms with Crippen LogP contribution in [0.1, 0.15) is 335 Å². The predicted molar refractivity (Wildman–Crippen MR) is 275 cm³/mol. The van der Waals surface area contributed by atoms with E-state index in [0.717, 1.165) is 57.8 Å². The van der Waals surface area contributed by atoms with Crippen LogP contribution in [0.15, 0.2) is 0 Å². The third kappa shape index (κ3) is 51.4. The van der Waals surface area contributed by atoms with Gasteiger partial charge < -0.3 is 14.2 Å². The first kappa shape index (κ1) is 62.4. The molecule has 6 nitrogen and oxygen atoms in total. The molecule has 6 heteroatoms. The Balaban J connectivity index is 4.22. The summed E-state index contributed by atoms with van der Waals surface area (Å²) in [6, 6.07) is 0. The van der Waals surface area contributed by atoms with E-state index in [-0.39, 0.29) is 31.1 Å². The average molecular weight is 906 g/mol. The van der Waals surface area contributed by atoms with E-state index in [4.69, 9.17) is 14.2 Å². The van der Waals surface area contributed by atoms with E-state index >= 15 is 0 Å². The van der Waals surface area contributed by atoms with Crippen LogP contribution < -0.4 is 0 Å². The third-order valence-corrected chi connectivity index (χ3v) is 13.4. The highest BCUT2D eigenvalue weighted by atomic mass is 16.6. The lowest BCUT2D eigenvalue weighted by Crippen LogP contribution is -2.30. The average Bonchev–Trinajstić information content (AvgIpc) is 3.29. The minimum atomic E-state index is -0.760. The minimum Gasteiger partial charge on any atom is -0.462 e. The zero-order valence-electron chi connectivity index (χ0n) is 43.6. The zero-order valence-corrected chi connectivity index (χ0v) is 43.6. The second-order valence-corrected chi connectivity index (χ2v) is 19.9. The number of rotatable bonds is 54. The number of hydrogen-bond donors (Lipinski definition) is 0. The van der Waals surface area contributed by atoms with Crippen molar-refractivity contribution in [1.29, 1.82) is 0 Å². The Labute approximate surface area is 399 Å². The van der Waals surface area contributed by atoms with Gasteiger partial charge in [-0.3, -0.25) is 14.4 Å². The lowest BCUT2D eigenvalue weighted by Gasteiger charge is -2.18. The molecule has 0 N–H and O–H groups in total. The van der Waals surface area contributed by atoms with Crippen molar-refractivity contribution in [2.24, 2.45) is 0 Å². The Morgan fingerprint density at radius 1 is 0.250 bits per heavy atom. The van der Waals surface area contributed by atoms with Gasteiger partial charge in [-0.2, -0.15) is 0 Å². The lowest BCUT2D eigenvalue weighted by molar-refractivity contribution is -0.167. The molecule has 1 atom stereocenters. The molecular formula is C58H112O6. The Morgan fingerprint density at radius 3 is 0.625 bits per heavy atom. The molecule has 0 bridgehead atoms. The Morgan fingerprint density at radius 2 is 0.422 bits per heavy atom. The van der Waals surface area contributed by atoms with Crippen LogP contribution in [0.4, 0.5) is 0 Å². The number of ether oxygens (including phenoxy) is 3. The van der Waals surface area contributed by atoms with E-state index in [1.54, 1.807) is 0 Å². The first-order valence-corrected chi connectivity index (χ1v) is 29.0. The third-order valence-electron chi connectivity index (χ3n) is 13.4. The largest absolute Gasteiger partial charge is 0.462 e. The first-order chi connectivity index (χ1) is 31.5. The van der Waals surface area contributed by atoms with Crippen molar-refractivity contribution < 1.29 is 28.6 Å². The first-order valence-electron chi connectivity index (χ1n) is 29.0. The lowest BCUT2D eigenvalue weighted by atomic mass is 10.0. The van der Waals surface area contributed by atoms with Crippen LogP contribution in [0, 0.1) is 0 Å². The summed E-state index contributed by atoms with van der Waals surface area (Å²) in [6.45, 7) is 6.70. The predicted octanol–water partition coefficient (Wildman–Crippen LogP) is 19.2. The summed E-state index contributed by atoms with van der Waals surface area (Å²) in [4.78, 5) is 38.1. The molecule has 0 aliphatic heterocycles. The van der Waals surface area contributed by atoms with E-state index in [1.807, 2.05) is 0 Å². The molecule has 0 aromatic rings. The van der Waals surface area contributed by atoms with Gasteiger partial charge in [-0.25, -0.2) is 0 Å². The van der Waals surface area contributed by atoms with E-state index in [2.05, 4.69) is 20.8 Å². The van der Waals surface area contributed by atoms with Gasteiger partial charge >= 0.3 is 17.9 Å². The van der Waals surface area contributed by atoms with Crippen molar-refractivity contribution in [2.45, 2.75) is 341 Å². The van der Waals surface area contributed by atoms with Crippen molar-refractivity contribution in [2.75, 3.05) is 13.2 Å². The summed E-state index contributed by atoms with van der Waals surface area (Å²) < 4.78 is 16.9. The van der Waals surface area contributed by atoms with Crippen molar-refractivity contribution in [3.63, 3.8) is 0 Å². The van der Waals surface area contributed by atoms with Crippen LogP contribution in [0.2, 0.25) is 0 Å². The second-order valence-electron chi connectivity index (χ2n) is 19.9. The highest BCUT2D eigenvalue weighted by molar-refractivity contribution is 5.71. The summed E-state index contributed by atoms with van der Waals surface area (Å²) in [6.07, 6.45) is 59.6. The second kappa shape index (κ2) is 54.0. The van der Waals surface area contributed by atoms with E-state index in [0.29, 0.717) is 19.3 Å². The van der Waals surface area contributed by atoms with Crippen molar-refractivity contribution in [3.05, 3.63) is 0 Å². The number of carbonyl (C=O) groups excluding carboxylic acids is 3. The van der Waals surface area contributed by atoms with Crippen LogP contribution in [0.5, 0.6) is 0 Å². The summed E-state index contributed by atoms with van der Waals surface area (Å²) in [5, 5.41) is 0. The Bertz CT molecular complexity index is 951. The van der Waals surface area contributed by atoms with Gasteiger partial charge in [0, 0.05) is 19.3 Å². The molecule has 0 spiro atoms. The molecule has 0 saturated heterocycles. The molecule has 0 aliphatic rings. The molecule has 0 heterocycles. The van der Waals surface area contributed by atoms with Crippen LogP contribution in [-0.2, 0) is 28.6 Å². The molecule has 0 aromatic carbocycles. The van der Waals surface area contributed by atoms with Crippen LogP contribution in [0.3, 0.4) is 0 Å². The Kier molecular flexibility index (Phi) is 52.7. The molecule has 380 valence electrons. The molecule has 0 saturated carbocycles. The smallest absolute Gasteiger partial charge is 0.306 e. The van der Waals surface area contributed by atoms with Gasteiger partial charge in [-0.1, -0.05) is 297 Å². The highest BCUT2D eigenvalue weighted by Crippen LogP contribution is 2.18. The molecule has 64 heavy (non-hydrogen) atoms. The van der Waals surface area contributed by atoms with Crippen LogP contribution in [-0.4, -0.2) is 37.2 Å². The van der Waals surface area contributed by atoms with Crippen LogP contribution >= 0.6 is 0 Å². The van der Waals surface area contributed by atoms with Crippen molar-refractivity contribution in [1.82, 2.24) is 0 Å². The monoisotopic (exact) mass is 905 g/mol. The van der Waals surface area contributed by atoms with Gasteiger partial charge in [0.15, 0.2) is 6.10 Å². The normalized spacial score (nSPS) is 11.9. The summed E-state index contributed by atoms with van der Waals surface area (Å²) in [7, 11) is 0. The van der Waals surface area contributed by atoms with Gasteiger partial charge in [-0.15, -0.1) is 0 Å². The Hall–Kier alpha value is -1.59. The molecule has 1 unspecified atom stereocenters. The summed E-state index contributed by atoms with van der Waals surface area (Å²) >= 11 is 0. The van der Waals surface area contributed by atoms with Gasteiger partial charge in [-0.05, 0) is 19.3 Å². The van der Waals surface area contributed by atoms with Crippen molar-refractivity contribution >= 4 is 17.9 Å². The zero-order chi connectivity index (χ0) is 46.5. The topological polar surface area (TPSA) is 78.9 Å². The maximum atomic E-state index is 12.8. The molecule has 0 amide bonds. The maximum Gasteiger partial charge on any atom is 0.306 e. The minimum absolute atomic E-state index is 0.0612. The van der Waals surface area contributed by atoms with E-state index in [9.17, 15) is 14.4 Å². The standard InChI is InChI=1S/C58H112O6/c1-4-7-10-13-16-19-22-24-26-28-29-31-32-34-36-39-42-45-48-51-57(60)63-54-55(53-62-56(59)50-47-44-41-38-21-18-15-12-9-6-3)64-58(61)52-49-46-43-40-37-35-33-30-27-25-23-20-17-14-11-8-5-2/h55H,4-54H2,1-3H3. The number of hydrogen-bond acceptors (Lipinski definition) is 6. The van der Waals surface area contributed by atoms with Crippen LogP contribution in [0.25, 0.3) is 0 Å². The van der Waals surface area contributed by atoms with Gasteiger partial charge in [0.1, 0.15) is 13.2 Å². The van der Waals surface area contributed by atoms with Gasteiger partial charge in [0.2, 0.25) is 0 Å².